The van der Waals surface area contributed by atoms with Crippen LogP contribution in [0.4, 0.5) is 11.4 Å². The molecule has 1 saturated heterocycles. The summed E-state index contributed by atoms with van der Waals surface area (Å²) in [5, 5.41) is 1.36. The molecule has 1 amide bonds. The van der Waals surface area contributed by atoms with E-state index in [1.165, 1.54) is 6.08 Å². The van der Waals surface area contributed by atoms with Crippen molar-refractivity contribution in [3.63, 3.8) is 0 Å². The van der Waals surface area contributed by atoms with Crippen molar-refractivity contribution >= 4 is 45.0 Å². The molecule has 0 bridgehead atoms. The molecule has 2 aromatic carbocycles. The highest BCUT2D eigenvalue weighted by Gasteiger charge is 2.22. The van der Waals surface area contributed by atoms with Crippen LogP contribution in [0.5, 0.6) is 0 Å². The molecule has 1 heterocycles. The molecule has 7 heteroatoms. The van der Waals surface area contributed by atoms with Gasteiger partial charge < -0.3 is 4.90 Å². The van der Waals surface area contributed by atoms with Crippen LogP contribution in [0.2, 0.25) is 5.02 Å². The van der Waals surface area contributed by atoms with E-state index in [0.29, 0.717) is 18.7 Å². The molecule has 0 unspecified atom stereocenters. The van der Waals surface area contributed by atoms with Gasteiger partial charge in [-0.15, -0.1) is 0 Å². The van der Waals surface area contributed by atoms with Crippen LogP contribution in [0, 0.1) is 0 Å². The molecule has 130 valence electrons. The van der Waals surface area contributed by atoms with Gasteiger partial charge in [0.2, 0.25) is 5.91 Å². The number of anilines is 2. The van der Waals surface area contributed by atoms with Crippen LogP contribution in [0.1, 0.15) is 18.4 Å². The zero-order valence-corrected chi connectivity index (χ0v) is 14.9. The van der Waals surface area contributed by atoms with Gasteiger partial charge in [-0.1, -0.05) is 41.9 Å². The van der Waals surface area contributed by atoms with Crippen molar-refractivity contribution in [2.75, 3.05) is 16.2 Å². The van der Waals surface area contributed by atoms with Gasteiger partial charge in [-0.05, 0) is 36.3 Å². The molecule has 1 aliphatic heterocycles. The maximum absolute atomic E-state index is 12.3. The first-order valence-corrected chi connectivity index (χ1v) is 9.73. The Morgan fingerprint density at radius 2 is 1.88 bits per heavy atom. The molecule has 2 aromatic rings. The molecule has 0 saturated carbocycles. The summed E-state index contributed by atoms with van der Waals surface area (Å²) in [7, 11) is -3.73. The Kier molecular flexibility index (Phi) is 5.11. The molecule has 0 aliphatic carbocycles. The van der Waals surface area contributed by atoms with E-state index in [4.69, 9.17) is 11.6 Å². The van der Waals surface area contributed by atoms with Gasteiger partial charge in [0.25, 0.3) is 10.0 Å². The number of benzene rings is 2. The number of sulfonamides is 1. The first-order valence-electron chi connectivity index (χ1n) is 7.80. The van der Waals surface area contributed by atoms with Crippen LogP contribution in [0.15, 0.2) is 53.9 Å². The van der Waals surface area contributed by atoms with E-state index in [0.717, 1.165) is 17.4 Å². The minimum absolute atomic E-state index is 0.0279. The zero-order valence-electron chi connectivity index (χ0n) is 13.4. The average molecular weight is 377 g/mol. The predicted octanol–water partition coefficient (Wildman–Crippen LogP) is 3.88. The van der Waals surface area contributed by atoms with Crippen molar-refractivity contribution in [1.29, 1.82) is 0 Å². The van der Waals surface area contributed by atoms with Gasteiger partial charge in [0, 0.05) is 18.7 Å². The summed E-state index contributed by atoms with van der Waals surface area (Å²) in [6.07, 6.45) is 2.80. The van der Waals surface area contributed by atoms with E-state index in [9.17, 15) is 13.2 Å². The van der Waals surface area contributed by atoms with Crippen molar-refractivity contribution in [2.24, 2.45) is 0 Å². The van der Waals surface area contributed by atoms with E-state index in [2.05, 4.69) is 4.72 Å². The molecule has 3 rings (SSSR count). The van der Waals surface area contributed by atoms with Crippen molar-refractivity contribution < 1.29 is 13.2 Å². The SMILES string of the molecule is O=C1CCCN1c1ccc(Cl)c(NS(=O)(=O)/C=C/c2ccccc2)c1. The van der Waals surface area contributed by atoms with Gasteiger partial charge in [-0.25, -0.2) is 8.42 Å². The third-order valence-corrected chi connectivity index (χ3v) is 5.15. The molecule has 0 spiro atoms. The Bertz CT molecular complexity index is 911. The van der Waals surface area contributed by atoms with Gasteiger partial charge in [-0.3, -0.25) is 9.52 Å². The normalized spacial score (nSPS) is 15.1. The van der Waals surface area contributed by atoms with Gasteiger partial charge in [0.1, 0.15) is 0 Å². The molecule has 1 aliphatic rings. The van der Waals surface area contributed by atoms with Crippen molar-refractivity contribution in [1.82, 2.24) is 0 Å². The Morgan fingerprint density at radius 1 is 1.12 bits per heavy atom. The number of carbonyl (C=O) groups is 1. The van der Waals surface area contributed by atoms with Gasteiger partial charge >= 0.3 is 0 Å². The maximum Gasteiger partial charge on any atom is 0.255 e. The second kappa shape index (κ2) is 7.29. The number of rotatable bonds is 5. The topological polar surface area (TPSA) is 66.5 Å². The molecule has 0 radical (unpaired) electrons. The summed E-state index contributed by atoms with van der Waals surface area (Å²) in [6, 6.07) is 14.0. The number of hydrogen-bond acceptors (Lipinski definition) is 3. The van der Waals surface area contributed by atoms with E-state index >= 15 is 0 Å². The van der Waals surface area contributed by atoms with Crippen LogP contribution < -0.4 is 9.62 Å². The molecule has 0 aromatic heterocycles. The number of carbonyl (C=O) groups excluding carboxylic acids is 1. The first kappa shape index (κ1) is 17.5. The van der Waals surface area contributed by atoms with Crippen molar-refractivity contribution in [2.45, 2.75) is 12.8 Å². The highest BCUT2D eigenvalue weighted by molar-refractivity contribution is 7.95. The lowest BCUT2D eigenvalue weighted by Gasteiger charge is -2.17. The van der Waals surface area contributed by atoms with E-state index in [1.807, 2.05) is 18.2 Å². The third kappa shape index (κ3) is 4.41. The number of halogens is 1. The van der Waals surface area contributed by atoms with E-state index in [1.54, 1.807) is 35.2 Å². The van der Waals surface area contributed by atoms with E-state index < -0.39 is 10.0 Å². The summed E-state index contributed by atoms with van der Waals surface area (Å²) in [4.78, 5) is 13.5. The second-order valence-electron chi connectivity index (χ2n) is 5.67. The Labute approximate surface area is 152 Å². The number of nitrogens with zero attached hydrogens (tertiary/aromatic N) is 1. The first-order chi connectivity index (χ1) is 11.9. The number of amides is 1. The summed E-state index contributed by atoms with van der Waals surface area (Å²) >= 11 is 6.11. The van der Waals surface area contributed by atoms with E-state index in [-0.39, 0.29) is 16.6 Å². The fourth-order valence-electron chi connectivity index (χ4n) is 2.60. The third-order valence-electron chi connectivity index (χ3n) is 3.83. The van der Waals surface area contributed by atoms with Gasteiger partial charge in [-0.2, -0.15) is 0 Å². The maximum atomic E-state index is 12.3. The average Bonchev–Trinajstić information content (AvgIpc) is 3.02. The quantitative estimate of drug-likeness (QED) is 0.861. The van der Waals surface area contributed by atoms with Gasteiger partial charge in [0.05, 0.1) is 16.1 Å². The lowest BCUT2D eigenvalue weighted by Crippen LogP contribution is -2.23. The minimum Gasteiger partial charge on any atom is -0.312 e. The number of nitrogens with one attached hydrogen (secondary N) is 1. The van der Waals surface area contributed by atoms with Crippen LogP contribution in [-0.2, 0) is 14.8 Å². The molecule has 1 fully saturated rings. The van der Waals surface area contributed by atoms with Crippen molar-refractivity contribution in [3.05, 3.63) is 64.5 Å². The van der Waals surface area contributed by atoms with Crippen LogP contribution in [0.25, 0.3) is 6.08 Å². The molecule has 25 heavy (non-hydrogen) atoms. The fourth-order valence-corrected chi connectivity index (χ4v) is 3.70. The molecular formula is C18H17ClN2O3S. The Balaban J connectivity index is 1.81. The summed E-state index contributed by atoms with van der Waals surface area (Å²) < 4.78 is 27.0. The molecule has 1 N–H and O–H groups in total. The monoisotopic (exact) mass is 376 g/mol. The largest absolute Gasteiger partial charge is 0.312 e. The minimum atomic E-state index is -3.73. The lowest BCUT2D eigenvalue weighted by atomic mass is 10.2. The predicted molar refractivity (Wildman–Crippen MR) is 101 cm³/mol. The Morgan fingerprint density at radius 3 is 2.56 bits per heavy atom. The highest BCUT2D eigenvalue weighted by atomic mass is 35.5. The van der Waals surface area contributed by atoms with Crippen LogP contribution in [0.3, 0.4) is 0 Å². The molecule has 5 nitrogen and oxygen atoms in total. The summed E-state index contributed by atoms with van der Waals surface area (Å²) in [6.45, 7) is 0.626. The summed E-state index contributed by atoms with van der Waals surface area (Å²) in [5.74, 6) is 0.0279. The Hall–Kier alpha value is -2.31. The fraction of sp³-hybridized carbons (Fsp3) is 0.167. The van der Waals surface area contributed by atoms with Crippen LogP contribution >= 0.6 is 11.6 Å². The van der Waals surface area contributed by atoms with Gasteiger partial charge in [0.15, 0.2) is 0 Å². The standard InChI is InChI=1S/C18H17ClN2O3S/c19-16-9-8-15(21-11-4-7-18(21)22)13-17(16)20-25(23,24)12-10-14-5-2-1-3-6-14/h1-3,5-6,8-10,12-13,20H,4,7,11H2/b12-10+. The smallest absolute Gasteiger partial charge is 0.255 e. The molecular weight excluding hydrogens is 360 g/mol. The molecule has 0 atom stereocenters. The second-order valence-corrected chi connectivity index (χ2v) is 7.65. The van der Waals surface area contributed by atoms with Crippen molar-refractivity contribution in [3.8, 4) is 0 Å². The highest BCUT2D eigenvalue weighted by Crippen LogP contribution is 2.30. The zero-order chi connectivity index (χ0) is 17.9. The lowest BCUT2D eigenvalue weighted by molar-refractivity contribution is -0.117. The van der Waals surface area contributed by atoms with Crippen LogP contribution in [-0.4, -0.2) is 20.9 Å². The number of hydrogen-bond donors (Lipinski definition) is 1. The summed E-state index contributed by atoms with van der Waals surface area (Å²) in [5.41, 5.74) is 1.66.